The predicted octanol–water partition coefficient (Wildman–Crippen LogP) is 3.78. The summed E-state index contributed by atoms with van der Waals surface area (Å²) in [6.45, 7) is 5.68. The first-order valence-corrected chi connectivity index (χ1v) is 14.4. The number of hydrogen-bond acceptors (Lipinski definition) is 8. The Bertz CT molecular complexity index is 1400. The highest BCUT2D eigenvalue weighted by atomic mass is 32.1. The molecule has 2 atom stereocenters. The Morgan fingerprint density at radius 1 is 1.26 bits per heavy atom. The van der Waals surface area contributed by atoms with E-state index in [0.29, 0.717) is 42.5 Å². The zero-order chi connectivity index (χ0) is 26.4. The van der Waals surface area contributed by atoms with Crippen molar-refractivity contribution < 1.29 is 0 Å². The molecule has 0 aromatic carbocycles. The summed E-state index contributed by atoms with van der Waals surface area (Å²) in [6.07, 6.45) is 11.2. The molecular weight excluding hydrogens is 496 g/mol. The summed E-state index contributed by atoms with van der Waals surface area (Å²) in [7, 11) is 0. The third-order valence-electron chi connectivity index (χ3n) is 7.99. The Morgan fingerprint density at radius 2 is 2.05 bits per heavy atom. The van der Waals surface area contributed by atoms with E-state index < -0.39 is 0 Å². The number of aromatic nitrogens is 4. The maximum atomic E-state index is 7.33. The third-order valence-corrected chi connectivity index (χ3v) is 9.12. The lowest BCUT2D eigenvalue weighted by molar-refractivity contribution is 0.481. The van der Waals surface area contributed by atoms with Gasteiger partial charge in [0.15, 0.2) is 5.65 Å². The van der Waals surface area contributed by atoms with Crippen LogP contribution in [0.15, 0.2) is 23.3 Å². The molecular formula is C27H36N10S. The first kappa shape index (κ1) is 25.1. The Labute approximate surface area is 226 Å². The van der Waals surface area contributed by atoms with E-state index in [1.165, 1.54) is 6.42 Å². The van der Waals surface area contributed by atoms with Gasteiger partial charge in [0.1, 0.15) is 23.0 Å². The van der Waals surface area contributed by atoms with Crippen LogP contribution in [0.2, 0.25) is 0 Å². The van der Waals surface area contributed by atoms with Gasteiger partial charge in [-0.15, -0.1) is 11.3 Å². The molecule has 1 saturated heterocycles. The number of nitrogens with one attached hydrogen (secondary N) is 2. The van der Waals surface area contributed by atoms with Crippen molar-refractivity contribution in [1.29, 1.82) is 5.41 Å². The van der Waals surface area contributed by atoms with Gasteiger partial charge in [-0.25, -0.2) is 15.0 Å². The number of nitrogens with zero attached hydrogens (tertiary/aromatic N) is 5. The lowest BCUT2D eigenvalue weighted by Crippen LogP contribution is -2.26. The fourth-order valence-electron chi connectivity index (χ4n) is 5.75. The predicted molar refractivity (Wildman–Crippen MR) is 153 cm³/mol. The highest BCUT2D eigenvalue weighted by Crippen LogP contribution is 2.50. The van der Waals surface area contributed by atoms with Gasteiger partial charge in [0.05, 0.1) is 28.0 Å². The van der Waals surface area contributed by atoms with Gasteiger partial charge in [-0.05, 0) is 69.4 Å². The molecule has 200 valence electrons. The summed E-state index contributed by atoms with van der Waals surface area (Å²) in [5, 5.41) is 16.6. The van der Waals surface area contributed by atoms with Gasteiger partial charge in [0, 0.05) is 30.0 Å². The summed E-state index contributed by atoms with van der Waals surface area (Å²) in [6, 6.07) is 0.402. The van der Waals surface area contributed by atoms with Crippen LogP contribution in [0.25, 0.3) is 16.1 Å². The second-order valence-electron chi connectivity index (χ2n) is 10.8. The summed E-state index contributed by atoms with van der Waals surface area (Å²) in [5.41, 5.74) is 24.7. The van der Waals surface area contributed by atoms with Crippen LogP contribution >= 0.6 is 11.3 Å². The van der Waals surface area contributed by atoms with Crippen LogP contribution in [0.1, 0.15) is 91.1 Å². The highest BCUT2D eigenvalue weighted by molar-refractivity contribution is 7.15. The highest BCUT2D eigenvalue weighted by Gasteiger charge is 2.36. The molecule has 0 bridgehead atoms. The van der Waals surface area contributed by atoms with Crippen molar-refractivity contribution in [3.05, 3.63) is 40.3 Å². The van der Waals surface area contributed by atoms with E-state index in [-0.39, 0.29) is 5.92 Å². The number of nitrogen functional groups attached to an aromatic ring is 1. The van der Waals surface area contributed by atoms with Crippen LogP contribution in [0.4, 0.5) is 5.82 Å². The number of amidine groups is 1. The second-order valence-corrected chi connectivity index (χ2v) is 11.9. The molecule has 4 heterocycles. The zero-order valence-electron chi connectivity index (χ0n) is 21.6. The summed E-state index contributed by atoms with van der Waals surface area (Å²) >= 11 is 1.64. The normalized spacial score (nSPS) is 20.8. The van der Waals surface area contributed by atoms with E-state index in [1.54, 1.807) is 11.3 Å². The zero-order valence-corrected chi connectivity index (χ0v) is 22.4. The molecule has 8 N–H and O–H groups in total. The number of hydrogen-bond donors (Lipinski definition) is 5. The van der Waals surface area contributed by atoms with Crippen molar-refractivity contribution in [3.63, 3.8) is 0 Å². The van der Waals surface area contributed by atoms with E-state index in [4.69, 9.17) is 37.7 Å². The van der Waals surface area contributed by atoms with Crippen LogP contribution in [-0.4, -0.2) is 44.3 Å². The summed E-state index contributed by atoms with van der Waals surface area (Å²) in [4.78, 5) is 15.3. The maximum absolute atomic E-state index is 7.33. The average Bonchev–Trinajstić information content (AvgIpc) is 3.79. The third kappa shape index (κ3) is 4.74. The van der Waals surface area contributed by atoms with Gasteiger partial charge < -0.3 is 22.5 Å². The van der Waals surface area contributed by atoms with Crippen molar-refractivity contribution in [2.24, 2.45) is 16.5 Å². The molecule has 3 aliphatic rings. The number of nitrogens with two attached hydrogens (primary N) is 3. The van der Waals surface area contributed by atoms with E-state index in [1.807, 2.05) is 10.7 Å². The number of aliphatic imine (C=N–C) groups is 1. The molecule has 6 rings (SSSR count). The van der Waals surface area contributed by atoms with Gasteiger partial charge in [0.2, 0.25) is 0 Å². The standard InChI is InChI=1S/C27H36N10S/c1-14(25(30)33-13-29)9-17(10-18-3-2-8-32-18)22-21(15-4-5-15)26(31)37-27(36-22)19(12-34-37)24-23(16-6-7-16)35-20(11-28)38-24/h12-13,15-18,32H,1-11,28,31H2,(H3,29,30,33). The van der Waals surface area contributed by atoms with Crippen LogP contribution < -0.4 is 22.5 Å². The monoisotopic (exact) mass is 532 g/mol. The molecule has 2 unspecified atom stereocenters. The first-order valence-electron chi connectivity index (χ1n) is 13.6. The van der Waals surface area contributed by atoms with E-state index in [0.717, 1.165) is 95.0 Å². The van der Waals surface area contributed by atoms with Crippen molar-refractivity contribution in [3.8, 4) is 10.4 Å². The Morgan fingerprint density at radius 3 is 2.71 bits per heavy atom. The minimum absolute atomic E-state index is 0.0622. The number of thiazole rings is 1. The maximum Gasteiger partial charge on any atom is 0.166 e. The Balaban J connectivity index is 1.49. The molecule has 10 nitrogen and oxygen atoms in total. The van der Waals surface area contributed by atoms with Gasteiger partial charge >= 0.3 is 0 Å². The topological polar surface area (TPSA) is 169 Å². The van der Waals surface area contributed by atoms with Crippen LogP contribution in [0.5, 0.6) is 0 Å². The number of anilines is 1. The quantitative estimate of drug-likeness (QED) is 0.185. The van der Waals surface area contributed by atoms with Crippen LogP contribution in [0.3, 0.4) is 0 Å². The lowest BCUT2D eigenvalue weighted by Gasteiger charge is -2.25. The average molecular weight is 533 g/mol. The van der Waals surface area contributed by atoms with Gasteiger partial charge in [-0.1, -0.05) is 6.58 Å². The Kier molecular flexibility index (Phi) is 6.75. The molecule has 1 aliphatic heterocycles. The second kappa shape index (κ2) is 10.2. The van der Waals surface area contributed by atoms with Crippen molar-refractivity contribution in [2.45, 2.75) is 81.7 Å². The first-order chi connectivity index (χ1) is 18.5. The smallest absolute Gasteiger partial charge is 0.166 e. The van der Waals surface area contributed by atoms with Crippen LogP contribution in [-0.2, 0) is 6.54 Å². The molecule has 3 fully saturated rings. The largest absolute Gasteiger partial charge is 0.383 e. The SMILES string of the molecule is C=C(CC(CC1CCCN1)c1nc2c(-c3sc(CN)nc3C3CC3)cnn2c(N)c1C1CC1)C(N)=NC=N. The minimum atomic E-state index is 0.0622. The molecule has 0 spiro atoms. The molecule has 11 heteroatoms. The lowest BCUT2D eigenvalue weighted by atomic mass is 9.86. The van der Waals surface area contributed by atoms with Crippen LogP contribution in [0, 0.1) is 5.41 Å². The molecule has 0 radical (unpaired) electrons. The van der Waals surface area contributed by atoms with E-state index >= 15 is 0 Å². The van der Waals surface area contributed by atoms with Gasteiger partial charge in [0.25, 0.3) is 0 Å². The summed E-state index contributed by atoms with van der Waals surface area (Å²) < 4.78 is 1.82. The minimum Gasteiger partial charge on any atom is -0.383 e. The number of rotatable bonds is 11. The van der Waals surface area contributed by atoms with Gasteiger partial charge in [-0.2, -0.15) is 9.61 Å². The van der Waals surface area contributed by atoms with Crippen molar-refractivity contribution in [1.82, 2.24) is 24.9 Å². The van der Waals surface area contributed by atoms with Gasteiger partial charge in [-0.3, -0.25) is 5.41 Å². The molecule has 2 saturated carbocycles. The summed E-state index contributed by atoms with van der Waals surface area (Å²) in [5.74, 6) is 1.91. The fourth-order valence-corrected chi connectivity index (χ4v) is 6.79. The van der Waals surface area contributed by atoms with Crippen molar-refractivity contribution in [2.75, 3.05) is 12.3 Å². The number of fused-ring (bicyclic) bond motifs is 1. The molecule has 3 aromatic heterocycles. The molecule has 38 heavy (non-hydrogen) atoms. The van der Waals surface area contributed by atoms with E-state index in [9.17, 15) is 0 Å². The van der Waals surface area contributed by atoms with E-state index in [2.05, 4.69) is 16.9 Å². The molecule has 3 aromatic rings. The molecule has 2 aliphatic carbocycles. The fraction of sp³-hybridized carbons (Fsp3) is 0.519. The molecule has 0 amide bonds. The Hall–Kier alpha value is -3.15. The van der Waals surface area contributed by atoms with Crippen molar-refractivity contribution >= 4 is 35.0 Å².